The number of nitrogens with one attached hydrogen (secondary N) is 3. The minimum atomic E-state index is -4.25. The first-order valence-corrected chi connectivity index (χ1v) is 14.4. The van der Waals surface area contributed by atoms with Crippen molar-refractivity contribution in [2.45, 2.75) is 37.6 Å². The van der Waals surface area contributed by atoms with E-state index in [1.165, 1.54) is 11.4 Å². The highest BCUT2D eigenvalue weighted by molar-refractivity contribution is 7.89. The fourth-order valence-electron chi connectivity index (χ4n) is 5.60. The van der Waals surface area contributed by atoms with E-state index in [0.29, 0.717) is 42.7 Å². The largest absolute Gasteiger partial charge is 0.336 e. The number of amides is 1. The molecule has 1 atom stereocenters. The number of aromatic amines is 3. The Labute approximate surface area is 227 Å². The van der Waals surface area contributed by atoms with E-state index in [-0.39, 0.29) is 36.8 Å². The van der Waals surface area contributed by atoms with Gasteiger partial charge in [0.25, 0.3) is 11.1 Å². The average Bonchev–Trinajstić information content (AvgIpc) is 3.37. The summed E-state index contributed by atoms with van der Waals surface area (Å²) < 4.78 is 29.2. The molecule has 1 unspecified atom stereocenters. The fourth-order valence-corrected chi connectivity index (χ4v) is 7.32. The summed E-state index contributed by atoms with van der Waals surface area (Å²) in [7, 11) is -4.25. The summed E-state index contributed by atoms with van der Waals surface area (Å²) in [6, 6.07) is 11.4. The summed E-state index contributed by atoms with van der Waals surface area (Å²) in [6.45, 7) is 1.87. The van der Waals surface area contributed by atoms with Gasteiger partial charge in [-0.15, -0.1) is 0 Å². The highest BCUT2D eigenvalue weighted by Gasteiger charge is 2.38. The van der Waals surface area contributed by atoms with Crippen LogP contribution in [-0.4, -0.2) is 67.7 Å². The van der Waals surface area contributed by atoms with Crippen molar-refractivity contribution in [3.05, 3.63) is 84.5 Å². The maximum absolute atomic E-state index is 13.6. The molecule has 40 heavy (non-hydrogen) atoms. The number of hydrogen-bond donors (Lipinski definition) is 3. The smallest absolute Gasteiger partial charge is 0.325 e. The summed E-state index contributed by atoms with van der Waals surface area (Å²) in [5.41, 5.74) is 1.14. The molecule has 0 bridgehead atoms. The normalized spacial score (nSPS) is 18.1. The molecule has 2 aliphatic heterocycles. The van der Waals surface area contributed by atoms with E-state index in [0.717, 1.165) is 15.6 Å². The monoisotopic (exact) mass is 565 g/mol. The third-order valence-electron chi connectivity index (χ3n) is 7.57. The molecule has 1 aromatic carbocycles. The van der Waals surface area contributed by atoms with E-state index in [1.807, 2.05) is 35.3 Å². The molecule has 5 heterocycles. The standard InChI is InChI=1S/C26H27N7O6S/c1-15-22(23(34)29-26(37)27-15)40(38,39)32-10-5-8-17(13-32)24(35)31-11-9-18-20(14-31)28-21-12-19(30-33(21)25(18)36)16-6-3-2-4-7-16/h2-4,6-7,12,17,30H,5,8-11,13-14H2,1H3,(H2,27,29,34,37). The second-order valence-corrected chi connectivity index (χ2v) is 12.0. The van der Waals surface area contributed by atoms with Gasteiger partial charge in [0.2, 0.25) is 15.9 Å². The van der Waals surface area contributed by atoms with Gasteiger partial charge in [0, 0.05) is 37.0 Å². The molecule has 1 fully saturated rings. The Balaban J connectivity index is 1.24. The van der Waals surface area contributed by atoms with Gasteiger partial charge in [0.05, 0.1) is 23.9 Å². The van der Waals surface area contributed by atoms with E-state index < -0.39 is 32.1 Å². The number of benzene rings is 1. The zero-order chi connectivity index (χ0) is 28.2. The first-order valence-electron chi connectivity index (χ1n) is 12.9. The number of aromatic nitrogens is 5. The number of carbonyl (C=O) groups is 1. The summed E-state index contributed by atoms with van der Waals surface area (Å²) >= 11 is 0. The van der Waals surface area contributed by atoms with Crippen LogP contribution in [0.5, 0.6) is 0 Å². The van der Waals surface area contributed by atoms with Gasteiger partial charge in [0.1, 0.15) is 0 Å². The maximum Gasteiger partial charge on any atom is 0.325 e. The maximum atomic E-state index is 13.6. The van der Waals surface area contributed by atoms with Crippen LogP contribution in [0.3, 0.4) is 0 Å². The van der Waals surface area contributed by atoms with Crippen molar-refractivity contribution < 1.29 is 13.2 Å². The summed E-state index contributed by atoms with van der Waals surface area (Å²) in [5, 5.41) is 3.11. The van der Waals surface area contributed by atoms with Crippen molar-refractivity contribution >= 4 is 21.6 Å². The van der Waals surface area contributed by atoms with Crippen LogP contribution in [-0.2, 0) is 27.8 Å². The van der Waals surface area contributed by atoms with Crippen molar-refractivity contribution in [1.82, 2.24) is 33.8 Å². The number of fused-ring (bicyclic) bond motifs is 2. The summed E-state index contributed by atoms with van der Waals surface area (Å²) in [5.74, 6) is -0.840. The van der Waals surface area contributed by atoms with E-state index in [4.69, 9.17) is 0 Å². The van der Waals surface area contributed by atoms with Crippen molar-refractivity contribution in [3.8, 4) is 11.3 Å². The Kier molecular flexibility index (Phi) is 6.30. The second kappa shape index (κ2) is 9.71. The van der Waals surface area contributed by atoms with Crippen LogP contribution >= 0.6 is 0 Å². The average molecular weight is 566 g/mol. The lowest BCUT2D eigenvalue weighted by Crippen LogP contribution is -2.49. The van der Waals surface area contributed by atoms with Gasteiger partial charge in [0.15, 0.2) is 10.5 Å². The Hall–Kier alpha value is -4.30. The molecule has 3 N–H and O–H groups in total. The molecule has 0 spiro atoms. The summed E-state index contributed by atoms with van der Waals surface area (Å²) in [6.07, 6.45) is 1.25. The topological polar surface area (TPSA) is 174 Å². The van der Waals surface area contributed by atoms with Crippen LogP contribution in [0.2, 0.25) is 0 Å². The number of rotatable bonds is 4. The highest BCUT2D eigenvalue weighted by atomic mass is 32.2. The van der Waals surface area contributed by atoms with Crippen LogP contribution < -0.4 is 16.8 Å². The molecule has 3 aromatic heterocycles. The van der Waals surface area contributed by atoms with Crippen molar-refractivity contribution in [3.63, 3.8) is 0 Å². The highest BCUT2D eigenvalue weighted by Crippen LogP contribution is 2.27. The van der Waals surface area contributed by atoms with Crippen LogP contribution in [0, 0.1) is 12.8 Å². The van der Waals surface area contributed by atoms with Gasteiger partial charge < -0.3 is 9.88 Å². The Bertz CT molecular complexity index is 1920. The SMILES string of the molecule is Cc1[nH]c(=O)[nH]c(=O)c1S(=O)(=O)N1CCCC(C(=O)N2CCc3c(nc4cc(-c5ccccc5)[nH]n4c3=O)C2)C1. The zero-order valence-electron chi connectivity index (χ0n) is 21.6. The fraction of sp³-hybridized carbons (Fsp3) is 0.346. The van der Waals surface area contributed by atoms with Gasteiger partial charge in [-0.3, -0.25) is 24.5 Å². The molecule has 4 aromatic rings. The first-order chi connectivity index (χ1) is 19.1. The molecule has 0 radical (unpaired) electrons. The van der Waals surface area contributed by atoms with E-state index in [2.05, 4.69) is 15.1 Å². The molecule has 6 rings (SSSR count). The molecular weight excluding hydrogens is 538 g/mol. The van der Waals surface area contributed by atoms with E-state index in [1.54, 1.807) is 11.0 Å². The zero-order valence-corrected chi connectivity index (χ0v) is 22.5. The number of sulfonamides is 1. The number of hydrogen-bond acceptors (Lipinski definition) is 7. The quantitative estimate of drug-likeness (QED) is 0.320. The Morgan fingerprint density at radius 2 is 1.85 bits per heavy atom. The van der Waals surface area contributed by atoms with E-state index >= 15 is 0 Å². The number of piperidine rings is 1. The number of nitrogens with zero attached hydrogens (tertiary/aromatic N) is 4. The minimum absolute atomic E-state index is 0.0568. The number of aryl methyl sites for hydroxylation is 1. The lowest BCUT2D eigenvalue weighted by atomic mass is 9.96. The third kappa shape index (κ3) is 4.38. The number of carbonyl (C=O) groups excluding carboxylic acids is 1. The van der Waals surface area contributed by atoms with Gasteiger partial charge in [-0.1, -0.05) is 30.3 Å². The predicted molar refractivity (Wildman–Crippen MR) is 144 cm³/mol. The molecule has 13 nitrogen and oxygen atoms in total. The lowest BCUT2D eigenvalue weighted by Gasteiger charge is -2.35. The molecule has 2 aliphatic rings. The van der Waals surface area contributed by atoms with Gasteiger partial charge in [-0.25, -0.2) is 22.7 Å². The van der Waals surface area contributed by atoms with Crippen LogP contribution in [0.1, 0.15) is 29.8 Å². The second-order valence-electron chi connectivity index (χ2n) is 10.1. The molecular formula is C26H27N7O6S. The van der Waals surface area contributed by atoms with Gasteiger partial charge >= 0.3 is 5.69 Å². The predicted octanol–water partition coefficient (Wildman–Crippen LogP) is 0.360. The molecule has 0 saturated carbocycles. The molecule has 0 aliphatic carbocycles. The summed E-state index contributed by atoms with van der Waals surface area (Å²) in [4.78, 5) is 60.7. The third-order valence-corrected chi connectivity index (χ3v) is 9.59. The van der Waals surface area contributed by atoms with E-state index in [9.17, 15) is 27.6 Å². The Morgan fingerprint density at radius 1 is 1.07 bits per heavy atom. The van der Waals surface area contributed by atoms with Gasteiger partial charge in [-0.05, 0) is 31.7 Å². The molecule has 208 valence electrons. The van der Waals surface area contributed by atoms with Crippen molar-refractivity contribution in [2.24, 2.45) is 5.92 Å². The number of H-pyrrole nitrogens is 3. The Morgan fingerprint density at radius 3 is 2.60 bits per heavy atom. The van der Waals surface area contributed by atoms with Gasteiger partial charge in [-0.2, -0.15) is 4.31 Å². The minimum Gasteiger partial charge on any atom is -0.336 e. The van der Waals surface area contributed by atoms with Crippen LogP contribution in [0.15, 0.2) is 55.7 Å². The first kappa shape index (κ1) is 26.0. The van der Waals surface area contributed by atoms with Crippen LogP contribution in [0.25, 0.3) is 16.9 Å². The van der Waals surface area contributed by atoms with Crippen molar-refractivity contribution in [2.75, 3.05) is 19.6 Å². The molecule has 1 amide bonds. The van der Waals surface area contributed by atoms with Crippen molar-refractivity contribution in [1.29, 1.82) is 0 Å². The molecule has 14 heteroatoms. The van der Waals surface area contributed by atoms with Crippen LogP contribution in [0.4, 0.5) is 0 Å². The lowest BCUT2D eigenvalue weighted by molar-refractivity contribution is -0.137. The molecule has 1 saturated heterocycles.